The van der Waals surface area contributed by atoms with Gasteiger partial charge >= 0.3 is 0 Å². The van der Waals surface area contributed by atoms with Crippen LogP contribution in [0.15, 0.2) is 59.2 Å². The van der Waals surface area contributed by atoms with Gasteiger partial charge in [0, 0.05) is 11.5 Å². The Balaban J connectivity index is 1.73. The molecule has 0 unspecified atom stereocenters. The van der Waals surface area contributed by atoms with Crippen LogP contribution in [0.2, 0.25) is 0 Å². The number of likely N-dealkylation sites (N-methyl/N-ethyl adjacent to an activating group) is 1. The standard InChI is InChI=1S/C20H18BrFN4O2/c1-13-14(11-23-26(13)18-10-6-4-8-16(18)22)20(28)25(2)12-19(27)24-17-9-5-3-7-15(17)21/h3-11H,12H2,1-2H3,(H,24,27). The first-order valence-corrected chi connectivity index (χ1v) is 9.27. The van der Waals surface area contributed by atoms with Crippen LogP contribution >= 0.6 is 15.9 Å². The maximum atomic E-state index is 14.0. The molecule has 3 rings (SSSR count). The van der Waals surface area contributed by atoms with E-state index in [1.165, 1.54) is 28.9 Å². The molecule has 0 aliphatic carbocycles. The Morgan fingerprint density at radius 2 is 1.86 bits per heavy atom. The van der Waals surface area contributed by atoms with Crippen molar-refractivity contribution < 1.29 is 14.0 Å². The molecule has 0 bridgehead atoms. The Kier molecular flexibility index (Phi) is 5.89. The number of para-hydroxylation sites is 2. The predicted octanol–water partition coefficient (Wildman–Crippen LogP) is 3.79. The second-order valence-electron chi connectivity index (χ2n) is 6.20. The number of nitrogens with one attached hydrogen (secondary N) is 1. The van der Waals surface area contributed by atoms with Gasteiger partial charge in [-0.15, -0.1) is 0 Å². The van der Waals surface area contributed by atoms with Crippen LogP contribution in [-0.4, -0.2) is 40.1 Å². The van der Waals surface area contributed by atoms with Gasteiger partial charge in [-0.25, -0.2) is 9.07 Å². The van der Waals surface area contributed by atoms with Crippen molar-refractivity contribution >= 4 is 33.4 Å². The van der Waals surface area contributed by atoms with Crippen LogP contribution in [0.1, 0.15) is 16.1 Å². The number of benzene rings is 2. The zero-order valence-electron chi connectivity index (χ0n) is 15.3. The number of carbonyl (C=O) groups is 2. The highest BCUT2D eigenvalue weighted by Gasteiger charge is 2.21. The Hall–Kier alpha value is -3.00. The number of aromatic nitrogens is 2. The first-order valence-electron chi connectivity index (χ1n) is 8.48. The molecule has 0 saturated heterocycles. The van der Waals surface area contributed by atoms with Gasteiger partial charge < -0.3 is 10.2 Å². The van der Waals surface area contributed by atoms with Crippen molar-refractivity contribution in [2.75, 3.05) is 18.9 Å². The van der Waals surface area contributed by atoms with Crippen molar-refractivity contribution in [3.8, 4) is 5.69 Å². The molecule has 2 amide bonds. The van der Waals surface area contributed by atoms with E-state index >= 15 is 0 Å². The highest BCUT2D eigenvalue weighted by Crippen LogP contribution is 2.21. The van der Waals surface area contributed by atoms with E-state index in [0.717, 1.165) is 4.47 Å². The van der Waals surface area contributed by atoms with Gasteiger partial charge in [0.15, 0.2) is 0 Å². The predicted molar refractivity (Wildman–Crippen MR) is 108 cm³/mol. The Morgan fingerprint density at radius 1 is 1.18 bits per heavy atom. The van der Waals surface area contributed by atoms with E-state index in [-0.39, 0.29) is 24.0 Å². The van der Waals surface area contributed by atoms with Crippen molar-refractivity contribution in [3.05, 3.63) is 76.3 Å². The van der Waals surface area contributed by atoms with E-state index in [2.05, 4.69) is 26.3 Å². The summed E-state index contributed by atoms with van der Waals surface area (Å²) in [5.41, 5.74) is 1.68. The van der Waals surface area contributed by atoms with Crippen LogP contribution in [-0.2, 0) is 4.79 Å². The minimum absolute atomic E-state index is 0.134. The molecule has 1 heterocycles. The molecule has 0 saturated carbocycles. The zero-order chi connectivity index (χ0) is 20.3. The molecule has 0 radical (unpaired) electrons. The molecular formula is C20H18BrFN4O2. The molecule has 0 aliphatic heterocycles. The van der Waals surface area contributed by atoms with Crippen LogP contribution in [0.5, 0.6) is 0 Å². The van der Waals surface area contributed by atoms with Gasteiger partial charge in [-0.05, 0) is 47.1 Å². The van der Waals surface area contributed by atoms with Crippen LogP contribution in [0.3, 0.4) is 0 Å². The Labute approximate surface area is 170 Å². The van der Waals surface area contributed by atoms with E-state index in [9.17, 15) is 14.0 Å². The first-order chi connectivity index (χ1) is 13.4. The first kappa shape index (κ1) is 19.8. The smallest absolute Gasteiger partial charge is 0.257 e. The second-order valence-corrected chi connectivity index (χ2v) is 7.05. The normalized spacial score (nSPS) is 10.6. The molecule has 1 aromatic heterocycles. The van der Waals surface area contributed by atoms with Crippen molar-refractivity contribution in [2.45, 2.75) is 6.92 Å². The highest BCUT2D eigenvalue weighted by molar-refractivity contribution is 9.10. The largest absolute Gasteiger partial charge is 0.332 e. The van der Waals surface area contributed by atoms with Crippen molar-refractivity contribution in [1.82, 2.24) is 14.7 Å². The summed E-state index contributed by atoms with van der Waals surface area (Å²) in [6.07, 6.45) is 1.38. The van der Waals surface area contributed by atoms with Crippen molar-refractivity contribution in [1.29, 1.82) is 0 Å². The van der Waals surface area contributed by atoms with Gasteiger partial charge in [-0.1, -0.05) is 24.3 Å². The number of anilines is 1. The van der Waals surface area contributed by atoms with E-state index in [1.807, 2.05) is 12.1 Å². The number of halogens is 2. The summed E-state index contributed by atoms with van der Waals surface area (Å²) in [5.74, 6) is -1.14. The molecule has 1 N–H and O–H groups in total. The molecule has 144 valence electrons. The van der Waals surface area contributed by atoms with Crippen molar-refractivity contribution in [3.63, 3.8) is 0 Å². The Bertz CT molecular complexity index is 1030. The maximum absolute atomic E-state index is 14.0. The van der Waals surface area contributed by atoms with Crippen LogP contribution < -0.4 is 5.32 Å². The van der Waals surface area contributed by atoms with Gasteiger partial charge in [-0.2, -0.15) is 5.10 Å². The van der Waals surface area contributed by atoms with Crippen LogP contribution in [0, 0.1) is 12.7 Å². The van der Waals surface area contributed by atoms with Crippen molar-refractivity contribution in [2.24, 2.45) is 0 Å². The van der Waals surface area contributed by atoms with Gasteiger partial charge in [0.05, 0.1) is 29.7 Å². The monoisotopic (exact) mass is 444 g/mol. The summed E-state index contributed by atoms with van der Waals surface area (Å²) >= 11 is 3.36. The number of carbonyl (C=O) groups excluding carboxylic acids is 2. The van der Waals surface area contributed by atoms with E-state index in [0.29, 0.717) is 16.9 Å². The van der Waals surface area contributed by atoms with E-state index < -0.39 is 5.82 Å². The summed E-state index contributed by atoms with van der Waals surface area (Å²) in [4.78, 5) is 26.3. The third kappa shape index (κ3) is 4.12. The molecule has 8 heteroatoms. The third-order valence-electron chi connectivity index (χ3n) is 4.20. The van der Waals surface area contributed by atoms with E-state index in [1.54, 1.807) is 37.3 Å². The van der Waals surface area contributed by atoms with Gasteiger partial charge in [0.25, 0.3) is 5.91 Å². The fourth-order valence-corrected chi connectivity index (χ4v) is 3.11. The molecule has 2 aromatic carbocycles. The van der Waals surface area contributed by atoms with Gasteiger partial charge in [-0.3, -0.25) is 9.59 Å². The lowest BCUT2D eigenvalue weighted by Crippen LogP contribution is -2.35. The zero-order valence-corrected chi connectivity index (χ0v) is 16.9. The summed E-state index contributed by atoms with van der Waals surface area (Å²) in [6, 6.07) is 13.4. The Morgan fingerprint density at radius 3 is 2.57 bits per heavy atom. The average Bonchev–Trinajstić information content (AvgIpc) is 3.04. The van der Waals surface area contributed by atoms with Crippen LogP contribution in [0.25, 0.3) is 5.69 Å². The van der Waals surface area contributed by atoms with Crippen LogP contribution in [0.4, 0.5) is 10.1 Å². The van der Waals surface area contributed by atoms with Gasteiger partial charge in [0.1, 0.15) is 11.5 Å². The number of rotatable bonds is 5. The summed E-state index contributed by atoms with van der Waals surface area (Å²) in [7, 11) is 1.53. The quantitative estimate of drug-likeness (QED) is 0.650. The topological polar surface area (TPSA) is 67.2 Å². The summed E-state index contributed by atoms with van der Waals surface area (Å²) in [5, 5.41) is 6.88. The van der Waals surface area contributed by atoms with Gasteiger partial charge in [0.2, 0.25) is 5.91 Å². The molecule has 3 aromatic rings. The lowest BCUT2D eigenvalue weighted by Gasteiger charge is -2.17. The summed E-state index contributed by atoms with van der Waals surface area (Å²) < 4.78 is 16.1. The maximum Gasteiger partial charge on any atom is 0.257 e. The third-order valence-corrected chi connectivity index (χ3v) is 4.89. The lowest BCUT2D eigenvalue weighted by molar-refractivity contribution is -0.116. The molecule has 0 spiro atoms. The number of nitrogens with zero attached hydrogens (tertiary/aromatic N) is 3. The minimum atomic E-state index is -0.436. The minimum Gasteiger partial charge on any atom is -0.332 e. The number of amides is 2. The van der Waals surface area contributed by atoms with E-state index in [4.69, 9.17) is 0 Å². The summed E-state index contributed by atoms with van der Waals surface area (Å²) in [6.45, 7) is 1.55. The average molecular weight is 445 g/mol. The fraction of sp³-hybridized carbons (Fsp3) is 0.150. The number of hydrogen-bond donors (Lipinski definition) is 1. The molecule has 0 atom stereocenters. The molecular weight excluding hydrogens is 427 g/mol. The second kappa shape index (κ2) is 8.35. The molecule has 0 aliphatic rings. The molecule has 6 nitrogen and oxygen atoms in total. The number of hydrogen-bond acceptors (Lipinski definition) is 3. The SMILES string of the molecule is Cc1c(C(=O)N(C)CC(=O)Nc2ccccc2Br)cnn1-c1ccccc1F. The lowest BCUT2D eigenvalue weighted by atomic mass is 10.2. The molecule has 28 heavy (non-hydrogen) atoms. The molecule has 0 fully saturated rings. The highest BCUT2D eigenvalue weighted by atomic mass is 79.9. The fourth-order valence-electron chi connectivity index (χ4n) is 2.73.